The van der Waals surface area contributed by atoms with E-state index in [1.807, 2.05) is 11.0 Å². The van der Waals surface area contributed by atoms with Gasteiger partial charge in [0, 0.05) is 25.2 Å². The van der Waals surface area contributed by atoms with Crippen LogP contribution in [0, 0.1) is 0 Å². The van der Waals surface area contributed by atoms with Crippen molar-refractivity contribution in [1.82, 2.24) is 10.2 Å². The lowest BCUT2D eigenvalue weighted by Gasteiger charge is -2.36. The first-order valence-corrected chi connectivity index (χ1v) is 8.02. The minimum absolute atomic E-state index is 0.118. The zero-order valence-electron chi connectivity index (χ0n) is 12.9. The molecule has 1 aromatic carbocycles. The number of hydrogen-bond acceptors (Lipinski definition) is 4. The van der Waals surface area contributed by atoms with E-state index in [1.165, 1.54) is 0 Å². The molecule has 1 saturated heterocycles. The van der Waals surface area contributed by atoms with E-state index < -0.39 is 0 Å². The van der Waals surface area contributed by atoms with Gasteiger partial charge in [-0.1, -0.05) is 11.6 Å². The van der Waals surface area contributed by atoms with E-state index in [1.54, 1.807) is 6.07 Å². The average Bonchev–Trinajstić information content (AvgIpc) is 2.46. The fourth-order valence-corrected chi connectivity index (χ4v) is 3.37. The van der Waals surface area contributed by atoms with E-state index in [0.717, 1.165) is 18.7 Å². The molecule has 22 heavy (non-hydrogen) atoms. The third-order valence-corrected chi connectivity index (χ3v) is 4.20. The molecule has 1 amide bonds. The van der Waals surface area contributed by atoms with E-state index in [4.69, 9.17) is 21.1 Å². The van der Waals surface area contributed by atoms with Gasteiger partial charge in [-0.3, -0.25) is 4.79 Å². The lowest BCUT2D eigenvalue weighted by molar-refractivity contribution is -0.132. The van der Waals surface area contributed by atoms with Crippen LogP contribution in [-0.2, 0) is 11.2 Å². The van der Waals surface area contributed by atoms with Gasteiger partial charge in [0.2, 0.25) is 5.91 Å². The van der Waals surface area contributed by atoms with Crippen LogP contribution in [0.15, 0.2) is 12.1 Å². The molecule has 6 heteroatoms. The van der Waals surface area contributed by atoms with Gasteiger partial charge in [-0.15, -0.1) is 0 Å². The molecular formula is C16H21ClN2O3. The molecule has 0 spiro atoms. The summed E-state index contributed by atoms with van der Waals surface area (Å²) >= 11 is 6.22. The van der Waals surface area contributed by atoms with Crippen LogP contribution in [0.25, 0.3) is 0 Å². The molecule has 120 valence electrons. The third-order valence-electron chi connectivity index (χ3n) is 3.92. The topological polar surface area (TPSA) is 50.8 Å². The summed E-state index contributed by atoms with van der Waals surface area (Å²) in [6.07, 6.45) is 0.329. The first-order valence-electron chi connectivity index (χ1n) is 7.65. The number of carbonyl (C=O) groups is 1. The first-order chi connectivity index (χ1) is 10.5. The van der Waals surface area contributed by atoms with Gasteiger partial charge in [0.05, 0.1) is 11.4 Å². The number of ether oxygens (including phenoxy) is 2. The first kappa shape index (κ1) is 15.4. The minimum Gasteiger partial charge on any atom is -0.486 e. The van der Waals surface area contributed by atoms with Gasteiger partial charge in [0.15, 0.2) is 11.5 Å². The molecule has 5 nitrogen and oxygen atoms in total. The second kappa shape index (κ2) is 6.34. The van der Waals surface area contributed by atoms with Crippen LogP contribution in [0.2, 0.25) is 5.02 Å². The molecule has 3 rings (SSSR count). The minimum atomic E-state index is 0.118. The highest BCUT2D eigenvalue weighted by Gasteiger charge is 2.25. The van der Waals surface area contributed by atoms with Gasteiger partial charge in [-0.2, -0.15) is 0 Å². The molecule has 2 atom stereocenters. The Morgan fingerprint density at radius 2 is 1.95 bits per heavy atom. The molecule has 2 aliphatic rings. The zero-order chi connectivity index (χ0) is 15.7. The highest BCUT2D eigenvalue weighted by atomic mass is 35.5. The van der Waals surface area contributed by atoms with E-state index in [9.17, 15) is 4.79 Å². The number of hydrogen-bond donors (Lipinski definition) is 1. The maximum Gasteiger partial charge on any atom is 0.227 e. The Bertz CT molecular complexity index is 569. The molecule has 0 radical (unpaired) electrons. The van der Waals surface area contributed by atoms with Crippen molar-refractivity contribution in [2.24, 2.45) is 0 Å². The van der Waals surface area contributed by atoms with E-state index in [0.29, 0.717) is 48.2 Å². The molecule has 0 saturated carbocycles. The van der Waals surface area contributed by atoms with Gasteiger partial charge in [-0.25, -0.2) is 0 Å². The lowest BCUT2D eigenvalue weighted by Crippen LogP contribution is -2.56. The zero-order valence-corrected chi connectivity index (χ0v) is 13.7. The number of fused-ring (bicyclic) bond motifs is 1. The van der Waals surface area contributed by atoms with Crippen LogP contribution >= 0.6 is 11.6 Å². The standard InChI is InChI=1S/C16H21ClN2O3/c1-10-8-19(9-11(2)18-10)15(20)7-12-5-13(17)16-14(6-12)21-3-4-22-16/h5-6,10-11,18H,3-4,7-9H2,1-2H3/t10-,11-/m0/s1. The van der Waals surface area contributed by atoms with E-state index in [-0.39, 0.29) is 5.91 Å². The summed E-state index contributed by atoms with van der Waals surface area (Å²) in [6.45, 7) is 6.67. The van der Waals surface area contributed by atoms with E-state index >= 15 is 0 Å². The normalized spacial score (nSPS) is 24.2. The lowest BCUT2D eigenvalue weighted by atomic mass is 10.1. The smallest absolute Gasteiger partial charge is 0.227 e. The number of benzene rings is 1. The quantitative estimate of drug-likeness (QED) is 0.902. The SMILES string of the molecule is C[C@H]1CN(C(=O)Cc2cc(Cl)c3c(c2)OCCO3)C[C@H](C)N1. The van der Waals surface area contributed by atoms with Gasteiger partial charge in [0.1, 0.15) is 13.2 Å². The number of amides is 1. The highest BCUT2D eigenvalue weighted by Crippen LogP contribution is 2.38. The summed E-state index contributed by atoms with van der Waals surface area (Å²) in [5, 5.41) is 3.93. The average molecular weight is 325 g/mol. The van der Waals surface area contributed by atoms with Crippen molar-refractivity contribution in [3.8, 4) is 11.5 Å². The monoisotopic (exact) mass is 324 g/mol. The van der Waals surface area contributed by atoms with Crippen molar-refractivity contribution >= 4 is 17.5 Å². The molecule has 1 aromatic rings. The summed E-state index contributed by atoms with van der Waals surface area (Å²) in [7, 11) is 0. The second-order valence-corrected chi connectivity index (χ2v) is 6.45. The van der Waals surface area contributed by atoms with Crippen molar-refractivity contribution in [2.45, 2.75) is 32.4 Å². The van der Waals surface area contributed by atoms with Crippen LogP contribution < -0.4 is 14.8 Å². The predicted octanol–water partition coefficient (Wildman–Crippen LogP) is 1.86. The summed E-state index contributed by atoms with van der Waals surface area (Å²) in [5.74, 6) is 1.32. The number of nitrogens with zero attached hydrogens (tertiary/aromatic N) is 1. The molecule has 2 aliphatic heterocycles. The van der Waals surface area contributed by atoms with Crippen molar-refractivity contribution < 1.29 is 14.3 Å². The van der Waals surface area contributed by atoms with E-state index in [2.05, 4.69) is 19.2 Å². The van der Waals surface area contributed by atoms with Crippen molar-refractivity contribution in [3.05, 3.63) is 22.7 Å². The summed E-state index contributed by atoms with van der Waals surface area (Å²) in [6, 6.07) is 4.28. The molecule has 0 bridgehead atoms. The maximum atomic E-state index is 12.5. The van der Waals surface area contributed by atoms with Gasteiger partial charge in [-0.05, 0) is 31.5 Å². The molecule has 1 N–H and O–H groups in total. The Hall–Kier alpha value is -1.46. The Balaban J connectivity index is 1.72. The molecule has 1 fully saturated rings. The molecule has 2 heterocycles. The largest absolute Gasteiger partial charge is 0.486 e. The predicted molar refractivity (Wildman–Crippen MR) is 84.8 cm³/mol. The third kappa shape index (κ3) is 3.31. The number of carbonyl (C=O) groups excluding carboxylic acids is 1. The van der Waals surface area contributed by atoms with Crippen LogP contribution in [0.1, 0.15) is 19.4 Å². The Labute approximate surface area is 135 Å². The summed E-state index contributed by atoms with van der Waals surface area (Å²) in [4.78, 5) is 14.4. The van der Waals surface area contributed by atoms with Crippen LogP contribution in [0.3, 0.4) is 0 Å². The van der Waals surface area contributed by atoms with Crippen LogP contribution in [0.5, 0.6) is 11.5 Å². The highest BCUT2D eigenvalue weighted by molar-refractivity contribution is 6.32. The number of piperazine rings is 1. The van der Waals surface area contributed by atoms with Gasteiger partial charge < -0.3 is 19.7 Å². The van der Waals surface area contributed by atoms with Crippen molar-refractivity contribution in [1.29, 1.82) is 0 Å². The van der Waals surface area contributed by atoms with Crippen molar-refractivity contribution in [2.75, 3.05) is 26.3 Å². The summed E-state index contributed by atoms with van der Waals surface area (Å²) < 4.78 is 11.1. The van der Waals surface area contributed by atoms with Gasteiger partial charge >= 0.3 is 0 Å². The van der Waals surface area contributed by atoms with Gasteiger partial charge in [0.25, 0.3) is 0 Å². The molecular weight excluding hydrogens is 304 g/mol. The number of halogens is 1. The number of nitrogens with one attached hydrogen (secondary N) is 1. The second-order valence-electron chi connectivity index (χ2n) is 6.05. The molecule has 0 aliphatic carbocycles. The molecule has 0 unspecified atom stereocenters. The Kier molecular flexibility index (Phi) is 4.45. The Morgan fingerprint density at radius 1 is 1.27 bits per heavy atom. The van der Waals surface area contributed by atoms with Crippen LogP contribution in [0.4, 0.5) is 0 Å². The Morgan fingerprint density at radius 3 is 2.68 bits per heavy atom. The fraction of sp³-hybridized carbons (Fsp3) is 0.562. The maximum absolute atomic E-state index is 12.5. The molecule has 0 aromatic heterocycles. The van der Waals surface area contributed by atoms with Crippen molar-refractivity contribution in [3.63, 3.8) is 0 Å². The fourth-order valence-electron chi connectivity index (χ4n) is 3.08. The number of rotatable bonds is 2. The van der Waals surface area contributed by atoms with Crippen LogP contribution in [-0.4, -0.2) is 49.2 Å². The summed E-state index contributed by atoms with van der Waals surface area (Å²) in [5.41, 5.74) is 0.859.